The van der Waals surface area contributed by atoms with Crippen molar-refractivity contribution < 1.29 is 4.74 Å². The van der Waals surface area contributed by atoms with E-state index in [1.165, 1.54) is 37.7 Å². The number of ether oxygens (including phenoxy) is 1. The van der Waals surface area contributed by atoms with Crippen molar-refractivity contribution in [3.05, 3.63) is 29.8 Å². The van der Waals surface area contributed by atoms with Crippen molar-refractivity contribution in [1.29, 1.82) is 0 Å². The Hall–Kier alpha value is -1.06. The molecular weight excluding hydrogens is 260 g/mol. The molecule has 2 aliphatic rings. The van der Waals surface area contributed by atoms with Crippen molar-refractivity contribution >= 4 is 0 Å². The second-order valence-electron chi connectivity index (χ2n) is 6.80. The number of hydrogen-bond acceptors (Lipinski definition) is 3. The van der Waals surface area contributed by atoms with Gasteiger partial charge in [0.2, 0.25) is 0 Å². The minimum Gasteiger partial charge on any atom is -0.497 e. The SMILES string of the molecule is COc1cccc(CN2CC(C)NCC23CCCCC3)c1. The van der Waals surface area contributed by atoms with Crippen LogP contribution in [0.5, 0.6) is 5.75 Å². The molecule has 1 unspecified atom stereocenters. The molecule has 1 saturated heterocycles. The molecule has 3 nitrogen and oxygen atoms in total. The summed E-state index contributed by atoms with van der Waals surface area (Å²) in [6.07, 6.45) is 6.85. The van der Waals surface area contributed by atoms with Crippen molar-refractivity contribution in [3.8, 4) is 5.75 Å². The van der Waals surface area contributed by atoms with Crippen LogP contribution in [0.4, 0.5) is 0 Å². The molecule has 1 aromatic carbocycles. The number of nitrogens with zero attached hydrogens (tertiary/aromatic N) is 1. The van der Waals surface area contributed by atoms with Crippen LogP contribution < -0.4 is 10.1 Å². The highest BCUT2D eigenvalue weighted by Crippen LogP contribution is 2.36. The molecule has 1 aliphatic heterocycles. The van der Waals surface area contributed by atoms with Gasteiger partial charge in [0.1, 0.15) is 5.75 Å². The molecule has 0 amide bonds. The highest BCUT2D eigenvalue weighted by molar-refractivity contribution is 5.28. The maximum Gasteiger partial charge on any atom is 0.119 e. The molecule has 3 heteroatoms. The Balaban J connectivity index is 1.78. The first-order valence-electron chi connectivity index (χ1n) is 8.33. The molecule has 0 aromatic heterocycles. The fraction of sp³-hybridized carbons (Fsp3) is 0.667. The van der Waals surface area contributed by atoms with Crippen molar-refractivity contribution in [2.75, 3.05) is 20.2 Å². The largest absolute Gasteiger partial charge is 0.497 e. The van der Waals surface area contributed by atoms with Crippen molar-refractivity contribution in [3.63, 3.8) is 0 Å². The van der Waals surface area contributed by atoms with E-state index in [0.29, 0.717) is 11.6 Å². The molecule has 2 fully saturated rings. The molecule has 1 saturated carbocycles. The van der Waals surface area contributed by atoms with E-state index in [-0.39, 0.29) is 0 Å². The lowest BCUT2D eigenvalue weighted by atomic mass is 9.78. The monoisotopic (exact) mass is 288 g/mol. The number of benzene rings is 1. The van der Waals surface area contributed by atoms with E-state index in [0.717, 1.165) is 25.4 Å². The summed E-state index contributed by atoms with van der Waals surface area (Å²) in [4.78, 5) is 2.74. The van der Waals surface area contributed by atoms with Gasteiger partial charge in [-0.25, -0.2) is 0 Å². The van der Waals surface area contributed by atoms with Gasteiger partial charge in [0.15, 0.2) is 0 Å². The van der Waals surface area contributed by atoms with Gasteiger partial charge in [0, 0.05) is 31.2 Å². The van der Waals surface area contributed by atoms with Crippen LogP contribution in [0.25, 0.3) is 0 Å². The molecule has 0 bridgehead atoms. The molecule has 1 spiro atoms. The Morgan fingerprint density at radius 1 is 1.29 bits per heavy atom. The molecular formula is C18H28N2O. The van der Waals surface area contributed by atoms with Gasteiger partial charge >= 0.3 is 0 Å². The van der Waals surface area contributed by atoms with Crippen LogP contribution in [-0.2, 0) is 6.54 Å². The summed E-state index contributed by atoms with van der Waals surface area (Å²) >= 11 is 0. The number of nitrogens with one attached hydrogen (secondary N) is 1. The molecule has 1 aromatic rings. The summed E-state index contributed by atoms with van der Waals surface area (Å²) in [6.45, 7) is 5.65. The van der Waals surface area contributed by atoms with Crippen LogP contribution in [0, 0.1) is 0 Å². The van der Waals surface area contributed by atoms with Gasteiger partial charge in [-0.05, 0) is 37.5 Å². The lowest BCUT2D eigenvalue weighted by molar-refractivity contribution is 0.00614. The van der Waals surface area contributed by atoms with E-state index in [1.807, 2.05) is 6.07 Å². The quantitative estimate of drug-likeness (QED) is 0.924. The van der Waals surface area contributed by atoms with Gasteiger partial charge in [-0.1, -0.05) is 31.4 Å². The molecule has 0 radical (unpaired) electrons. The summed E-state index contributed by atoms with van der Waals surface area (Å²) in [5.41, 5.74) is 1.75. The number of rotatable bonds is 3. The van der Waals surface area contributed by atoms with E-state index < -0.39 is 0 Å². The first-order valence-corrected chi connectivity index (χ1v) is 8.33. The Labute approximate surface area is 128 Å². The average Bonchev–Trinajstić information content (AvgIpc) is 2.52. The maximum absolute atomic E-state index is 5.37. The maximum atomic E-state index is 5.37. The fourth-order valence-corrected chi connectivity index (χ4v) is 3.99. The third kappa shape index (κ3) is 3.24. The van der Waals surface area contributed by atoms with Crippen LogP contribution in [0.2, 0.25) is 0 Å². The molecule has 1 N–H and O–H groups in total. The Morgan fingerprint density at radius 2 is 2.10 bits per heavy atom. The molecule has 116 valence electrons. The minimum absolute atomic E-state index is 0.383. The highest BCUT2D eigenvalue weighted by Gasteiger charge is 2.41. The van der Waals surface area contributed by atoms with Gasteiger partial charge in [-0.2, -0.15) is 0 Å². The van der Waals surface area contributed by atoms with Crippen molar-refractivity contribution in [2.24, 2.45) is 0 Å². The summed E-state index contributed by atoms with van der Waals surface area (Å²) in [6, 6.07) is 9.13. The van der Waals surface area contributed by atoms with Gasteiger partial charge in [-0.3, -0.25) is 4.90 Å². The fourth-order valence-electron chi connectivity index (χ4n) is 3.99. The Kier molecular flexibility index (Phi) is 4.51. The number of piperazine rings is 1. The lowest BCUT2D eigenvalue weighted by Crippen LogP contribution is -2.64. The average molecular weight is 288 g/mol. The Bertz CT molecular complexity index is 468. The molecule has 1 heterocycles. The van der Waals surface area contributed by atoms with Crippen LogP contribution in [0.15, 0.2) is 24.3 Å². The zero-order valence-corrected chi connectivity index (χ0v) is 13.4. The van der Waals surface area contributed by atoms with E-state index >= 15 is 0 Å². The van der Waals surface area contributed by atoms with E-state index in [4.69, 9.17) is 4.74 Å². The van der Waals surface area contributed by atoms with Gasteiger partial charge in [-0.15, -0.1) is 0 Å². The molecule has 1 atom stereocenters. The first-order chi connectivity index (χ1) is 10.2. The van der Waals surface area contributed by atoms with E-state index in [9.17, 15) is 0 Å². The third-order valence-electron chi connectivity index (χ3n) is 5.24. The van der Waals surface area contributed by atoms with Crippen molar-refractivity contribution in [1.82, 2.24) is 10.2 Å². The summed E-state index contributed by atoms with van der Waals surface area (Å²) < 4.78 is 5.37. The summed E-state index contributed by atoms with van der Waals surface area (Å²) in [7, 11) is 1.74. The van der Waals surface area contributed by atoms with E-state index in [1.54, 1.807) is 7.11 Å². The molecule has 3 rings (SSSR count). The predicted octanol–water partition coefficient (Wildman–Crippen LogP) is 3.19. The highest BCUT2D eigenvalue weighted by atomic mass is 16.5. The van der Waals surface area contributed by atoms with Crippen LogP contribution in [-0.4, -0.2) is 36.7 Å². The zero-order valence-electron chi connectivity index (χ0n) is 13.4. The van der Waals surface area contributed by atoms with Crippen LogP contribution in [0.3, 0.4) is 0 Å². The van der Waals surface area contributed by atoms with Crippen LogP contribution >= 0.6 is 0 Å². The lowest BCUT2D eigenvalue weighted by Gasteiger charge is -2.51. The summed E-state index contributed by atoms with van der Waals surface area (Å²) in [5, 5.41) is 3.71. The normalized spacial score (nSPS) is 25.9. The third-order valence-corrected chi connectivity index (χ3v) is 5.24. The van der Waals surface area contributed by atoms with Gasteiger partial charge < -0.3 is 10.1 Å². The molecule has 1 aliphatic carbocycles. The van der Waals surface area contributed by atoms with Crippen molar-refractivity contribution in [2.45, 2.75) is 57.2 Å². The van der Waals surface area contributed by atoms with Gasteiger partial charge in [0.25, 0.3) is 0 Å². The standard InChI is InChI=1S/C18H28N2O/c1-15-12-20(13-16-7-6-8-17(11-16)21-2)18(14-19-15)9-4-3-5-10-18/h6-8,11,15,19H,3-5,9-10,12-14H2,1-2H3. The van der Waals surface area contributed by atoms with Crippen LogP contribution in [0.1, 0.15) is 44.6 Å². The smallest absolute Gasteiger partial charge is 0.119 e. The predicted molar refractivity (Wildman–Crippen MR) is 86.7 cm³/mol. The number of methoxy groups -OCH3 is 1. The first kappa shape index (κ1) is 14.9. The molecule has 21 heavy (non-hydrogen) atoms. The minimum atomic E-state index is 0.383. The second-order valence-corrected chi connectivity index (χ2v) is 6.80. The Morgan fingerprint density at radius 3 is 2.86 bits per heavy atom. The second kappa shape index (κ2) is 6.37. The topological polar surface area (TPSA) is 24.5 Å². The zero-order chi connectivity index (χ0) is 14.7. The number of hydrogen-bond donors (Lipinski definition) is 1. The van der Waals surface area contributed by atoms with Gasteiger partial charge in [0.05, 0.1) is 7.11 Å². The summed E-state index contributed by atoms with van der Waals surface area (Å²) in [5.74, 6) is 0.966. The van der Waals surface area contributed by atoms with E-state index in [2.05, 4.69) is 35.3 Å².